The third kappa shape index (κ3) is 1.83. The lowest BCUT2D eigenvalue weighted by Gasteiger charge is -1.95. The number of oxazole rings is 1. The van der Waals surface area contributed by atoms with Gasteiger partial charge in [-0.1, -0.05) is 23.4 Å². The molecule has 0 aliphatic heterocycles. The molecule has 3 aromatic heterocycles. The number of aromatic amines is 1. The maximum atomic E-state index is 5.66. The van der Waals surface area contributed by atoms with Gasteiger partial charge in [0, 0.05) is 5.39 Å². The Morgan fingerprint density at radius 1 is 0.913 bits per heavy atom. The van der Waals surface area contributed by atoms with Crippen LogP contribution in [0.15, 0.2) is 57.6 Å². The standard InChI is InChI=1S/C16H9N5O2/c1-2-7-13-12(5-1)18-16(22-13)14-19-15(23-21-14)9-4-3-6-11-10(9)8-17-20-11/h1-8H,(H,17,20). The molecular weight excluding hydrogens is 294 g/mol. The minimum atomic E-state index is 0.316. The van der Waals surface area contributed by atoms with E-state index in [1.54, 1.807) is 6.20 Å². The number of benzene rings is 2. The molecule has 0 saturated heterocycles. The lowest BCUT2D eigenvalue weighted by molar-refractivity contribution is 0.430. The van der Waals surface area contributed by atoms with Crippen molar-refractivity contribution in [2.24, 2.45) is 0 Å². The number of para-hydroxylation sites is 2. The summed E-state index contributed by atoms with van der Waals surface area (Å²) in [6.45, 7) is 0. The summed E-state index contributed by atoms with van der Waals surface area (Å²) in [6, 6.07) is 13.2. The molecule has 0 amide bonds. The molecule has 23 heavy (non-hydrogen) atoms. The third-order valence-corrected chi connectivity index (χ3v) is 3.63. The average Bonchev–Trinajstić information content (AvgIpc) is 3.31. The average molecular weight is 303 g/mol. The Labute approximate surface area is 129 Å². The van der Waals surface area contributed by atoms with E-state index in [-0.39, 0.29) is 0 Å². The van der Waals surface area contributed by atoms with Gasteiger partial charge < -0.3 is 8.94 Å². The Hall–Kier alpha value is -3.48. The normalized spacial score (nSPS) is 11.5. The molecule has 3 heterocycles. The smallest absolute Gasteiger partial charge is 0.269 e. The highest BCUT2D eigenvalue weighted by Gasteiger charge is 2.17. The molecule has 110 valence electrons. The van der Waals surface area contributed by atoms with Crippen LogP contribution in [0.25, 0.3) is 45.2 Å². The van der Waals surface area contributed by atoms with E-state index in [4.69, 9.17) is 8.94 Å². The van der Waals surface area contributed by atoms with E-state index in [0.29, 0.717) is 23.2 Å². The summed E-state index contributed by atoms with van der Waals surface area (Å²) in [4.78, 5) is 8.77. The van der Waals surface area contributed by atoms with Crippen molar-refractivity contribution in [2.75, 3.05) is 0 Å². The third-order valence-electron chi connectivity index (χ3n) is 3.63. The zero-order chi connectivity index (χ0) is 15.2. The zero-order valence-electron chi connectivity index (χ0n) is 11.7. The van der Waals surface area contributed by atoms with Crippen molar-refractivity contribution in [2.45, 2.75) is 0 Å². The molecule has 0 atom stereocenters. The van der Waals surface area contributed by atoms with Gasteiger partial charge in [0.1, 0.15) is 5.52 Å². The molecule has 1 N–H and O–H groups in total. The number of H-pyrrole nitrogens is 1. The monoisotopic (exact) mass is 303 g/mol. The van der Waals surface area contributed by atoms with Crippen LogP contribution >= 0.6 is 0 Å². The molecule has 2 aromatic carbocycles. The van der Waals surface area contributed by atoms with E-state index in [9.17, 15) is 0 Å². The molecule has 0 radical (unpaired) electrons. The Bertz CT molecular complexity index is 1100. The molecule has 0 aliphatic carbocycles. The molecule has 0 bridgehead atoms. The van der Waals surface area contributed by atoms with Crippen LogP contribution in [0.4, 0.5) is 0 Å². The van der Waals surface area contributed by atoms with E-state index in [1.165, 1.54) is 0 Å². The molecule has 0 unspecified atom stereocenters. The predicted molar refractivity (Wildman–Crippen MR) is 82.4 cm³/mol. The lowest BCUT2D eigenvalue weighted by Crippen LogP contribution is -1.81. The van der Waals surface area contributed by atoms with Gasteiger partial charge in [-0.05, 0) is 24.3 Å². The number of hydrogen-bond acceptors (Lipinski definition) is 6. The largest absolute Gasteiger partial charge is 0.433 e. The van der Waals surface area contributed by atoms with Crippen LogP contribution in [0, 0.1) is 0 Å². The molecule has 7 nitrogen and oxygen atoms in total. The summed E-state index contributed by atoms with van der Waals surface area (Å²) >= 11 is 0. The highest BCUT2D eigenvalue weighted by Crippen LogP contribution is 2.28. The van der Waals surface area contributed by atoms with Crippen molar-refractivity contribution in [1.29, 1.82) is 0 Å². The molecule has 5 aromatic rings. The molecule has 0 saturated carbocycles. The summed E-state index contributed by atoms with van der Waals surface area (Å²) in [5, 5.41) is 11.8. The topological polar surface area (TPSA) is 93.6 Å². The van der Waals surface area contributed by atoms with Gasteiger partial charge in [-0.15, -0.1) is 0 Å². The van der Waals surface area contributed by atoms with E-state index in [0.717, 1.165) is 22.0 Å². The molecule has 0 spiro atoms. The highest BCUT2D eigenvalue weighted by molar-refractivity contribution is 5.92. The fourth-order valence-electron chi connectivity index (χ4n) is 2.54. The maximum absolute atomic E-state index is 5.66. The van der Waals surface area contributed by atoms with E-state index in [1.807, 2.05) is 42.5 Å². The molecular formula is C16H9N5O2. The van der Waals surface area contributed by atoms with Crippen LogP contribution in [0.2, 0.25) is 0 Å². The van der Waals surface area contributed by atoms with Gasteiger partial charge in [0.05, 0.1) is 17.3 Å². The first kappa shape index (κ1) is 12.1. The number of aromatic nitrogens is 5. The van der Waals surface area contributed by atoms with E-state index in [2.05, 4.69) is 25.3 Å². The zero-order valence-corrected chi connectivity index (χ0v) is 11.7. The van der Waals surface area contributed by atoms with Crippen molar-refractivity contribution in [3.8, 4) is 23.2 Å². The van der Waals surface area contributed by atoms with Crippen LogP contribution in [0.1, 0.15) is 0 Å². The Morgan fingerprint density at radius 2 is 1.87 bits per heavy atom. The lowest BCUT2D eigenvalue weighted by atomic mass is 10.1. The van der Waals surface area contributed by atoms with Gasteiger partial charge in [-0.2, -0.15) is 10.1 Å². The highest BCUT2D eigenvalue weighted by atomic mass is 16.5. The SMILES string of the molecule is c1ccc2oc(-c3noc(-c4cccc5[nH]ncc45)n3)nc2c1. The van der Waals surface area contributed by atoms with Crippen LogP contribution in [0.3, 0.4) is 0 Å². The first-order valence-corrected chi connectivity index (χ1v) is 7.00. The van der Waals surface area contributed by atoms with Gasteiger partial charge >= 0.3 is 0 Å². The quantitative estimate of drug-likeness (QED) is 0.537. The summed E-state index contributed by atoms with van der Waals surface area (Å²) < 4.78 is 11.0. The first-order valence-electron chi connectivity index (χ1n) is 7.00. The van der Waals surface area contributed by atoms with Crippen molar-refractivity contribution in [3.05, 3.63) is 48.7 Å². The summed E-state index contributed by atoms with van der Waals surface area (Å²) in [6.07, 6.45) is 1.73. The number of nitrogens with zero attached hydrogens (tertiary/aromatic N) is 4. The van der Waals surface area contributed by atoms with E-state index < -0.39 is 0 Å². The summed E-state index contributed by atoms with van der Waals surface area (Å²) in [5.41, 5.74) is 3.16. The Kier molecular flexibility index (Phi) is 2.37. The van der Waals surface area contributed by atoms with Crippen LogP contribution < -0.4 is 0 Å². The molecule has 0 aliphatic rings. The summed E-state index contributed by atoms with van der Waals surface area (Å²) in [5.74, 6) is 1.05. The molecule has 0 fully saturated rings. The van der Waals surface area contributed by atoms with Gasteiger partial charge in [0.25, 0.3) is 17.6 Å². The van der Waals surface area contributed by atoms with Gasteiger partial charge in [0.15, 0.2) is 5.58 Å². The van der Waals surface area contributed by atoms with Gasteiger partial charge in [0.2, 0.25) is 0 Å². The van der Waals surface area contributed by atoms with Crippen LogP contribution in [-0.4, -0.2) is 25.3 Å². The van der Waals surface area contributed by atoms with Crippen molar-refractivity contribution < 1.29 is 8.94 Å². The second kappa shape index (κ2) is 4.51. The minimum Gasteiger partial charge on any atom is -0.433 e. The minimum absolute atomic E-state index is 0.316. The number of hydrogen-bond donors (Lipinski definition) is 1. The van der Waals surface area contributed by atoms with Crippen LogP contribution in [-0.2, 0) is 0 Å². The van der Waals surface area contributed by atoms with Crippen molar-refractivity contribution >= 4 is 22.0 Å². The maximum Gasteiger partial charge on any atom is 0.269 e. The van der Waals surface area contributed by atoms with Crippen LogP contribution in [0.5, 0.6) is 0 Å². The second-order valence-corrected chi connectivity index (χ2v) is 5.05. The Morgan fingerprint density at radius 3 is 2.83 bits per heavy atom. The Balaban J connectivity index is 1.64. The molecule has 5 rings (SSSR count). The van der Waals surface area contributed by atoms with Gasteiger partial charge in [-0.25, -0.2) is 4.98 Å². The number of rotatable bonds is 2. The fraction of sp³-hybridized carbons (Fsp3) is 0. The van der Waals surface area contributed by atoms with Crippen molar-refractivity contribution in [1.82, 2.24) is 25.3 Å². The molecule has 7 heteroatoms. The second-order valence-electron chi connectivity index (χ2n) is 5.05. The van der Waals surface area contributed by atoms with E-state index >= 15 is 0 Å². The van der Waals surface area contributed by atoms with Gasteiger partial charge in [-0.3, -0.25) is 5.10 Å². The first-order chi connectivity index (χ1) is 11.4. The van der Waals surface area contributed by atoms with Crippen molar-refractivity contribution in [3.63, 3.8) is 0 Å². The fourth-order valence-corrected chi connectivity index (χ4v) is 2.54. The predicted octanol–water partition coefficient (Wildman–Crippen LogP) is 3.42. The number of nitrogens with one attached hydrogen (secondary N) is 1. The summed E-state index contributed by atoms with van der Waals surface area (Å²) in [7, 11) is 0. The number of fused-ring (bicyclic) bond motifs is 2.